The van der Waals surface area contributed by atoms with Crippen LogP contribution < -0.4 is 0 Å². The Labute approximate surface area is 82.9 Å². The smallest absolute Gasteiger partial charge is 0.356 e. The summed E-state index contributed by atoms with van der Waals surface area (Å²) in [5, 5.41) is 4.38. The molecule has 0 radical (unpaired) electrons. The first-order valence-electron chi connectivity index (χ1n) is 4.93. The summed E-state index contributed by atoms with van der Waals surface area (Å²) < 4.78 is 6.52. The number of hydrogen-bond donors (Lipinski definition) is 0. The molecule has 4 heteroatoms. The molecule has 0 atom stereocenters. The third kappa shape index (κ3) is 1.52. The van der Waals surface area contributed by atoms with Gasteiger partial charge in [-0.15, -0.1) is 0 Å². The molecule has 1 aliphatic rings. The largest absolute Gasteiger partial charge is 0.464 e. The number of carbonyl (C=O) groups is 1. The SMILES string of the molecule is CCc1cc(C(=O)OC)n(C2CC2)n1. The van der Waals surface area contributed by atoms with Crippen molar-refractivity contribution in [1.82, 2.24) is 9.78 Å². The number of carbonyl (C=O) groups excluding carboxylic acids is 1. The Hall–Kier alpha value is -1.32. The van der Waals surface area contributed by atoms with E-state index in [4.69, 9.17) is 4.74 Å². The lowest BCUT2D eigenvalue weighted by molar-refractivity contribution is 0.0586. The molecule has 0 bridgehead atoms. The maximum Gasteiger partial charge on any atom is 0.356 e. The normalized spacial score (nSPS) is 15.6. The molecule has 1 aromatic rings. The minimum absolute atomic E-state index is 0.288. The van der Waals surface area contributed by atoms with Gasteiger partial charge in [0.25, 0.3) is 0 Å². The molecule has 76 valence electrons. The molecule has 0 aliphatic heterocycles. The van der Waals surface area contributed by atoms with Crippen LogP contribution in [0, 0.1) is 0 Å². The van der Waals surface area contributed by atoms with Crippen molar-refractivity contribution in [3.63, 3.8) is 0 Å². The average molecular weight is 194 g/mol. The highest BCUT2D eigenvalue weighted by atomic mass is 16.5. The van der Waals surface area contributed by atoms with Crippen molar-refractivity contribution in [2.45, 2.75) is 32.2 Å². The highest BCUT2D eigenvalue weighted by Crippen LogP contribution is 2.35. The maximum absolute atomic E-state index is 11.4. The predicted octanol–water partition coefficient (Wildman–Crippen LogP) is 1.57. The van der Waals surface area contributed by atoms with Gasteiger partial charge in [0.2, 0.25) is 0 Å². The molecule has 1 saturated carbocycles. The number of aryl methyl sites for hydroxylation is 1. The summed E-state index contributed by atoms with van der Waals surface area (Å²) in [5.74, 6) is -0.288. The molecular formula is C10H14N2O2. The summed E-state index contributed by atoms with van der Waals surface area (Å²) >= 11 is 0. The Bertz CT molecular complexity index is 353. The van der Waals surface area contributed by atoms with E-state index in [2.05, 4.69) is 5.10 Å². The third-order valence-corrected chi connectivity index (χ3v) is 2.44. The number of aromatic nitrogens is 2. The van der Waals surface area contributed by atoms with Crippen LogP contribution in [0.3, 0.4) is 0 Å². The first-order chi connectivity index (χ1) is 6.76. The van der Waals surface area contributed by atoms with Gasteiger partial charge in [0.05, 0.1) is 18.8 Å². The van der Waals surface area contributed by atoms with E-state index in [1.807, 2.05) is 17.7 Å². The minimum atomic E-state index is -0.288. The summed E-state index contributed by atoms with van der Waals surface area (Å²) in [5.41, 5.74) is 1.55. The van der Waals surface area contributed by atoms with Gasteiger partial charge in [0.1, 0.15) is 5.69 Å². The lowest BCUT2D eigenvalue weighted by Gasteiger charge is -2.02. The summed E-state index contributed by atoms with van der Waals surface area (Å²) in [7, 11) is 1.40. The molecular weight excluding hydrogens is 180 g/mol. The Morgan fingerprint density at radius 3 is 2.93 bits per heavy atom. The number of rotatable bonds is 3. The molecule has 0 N–H and O–H groups in total. The fourth-order valence-corrected chi connectivity index (χ4v) is 1.47. The van der Waals surface area contributed by atoms with Crippen LogP contribution in [0.5, 0.6) is 0 Å². The van der Waals surface area contributed by atoms with Gasteiger partial charge in [0, 0.05) is 0 Å². The van der Waals surface area contributed by atoms with E-state index >= 15 is 0 Å². The van der Waals surface area contributed by atoms with Gasteiger partial charge in [-0.25, -0.2) is 4.79 Å². The lowest BCUT2D eigenvalue weighted by Crippen LogP contribution is -2.10. The van der Waals surface area contributed by atoms with Crippen LogP contribution in [-0.2, 0) is 11.2 Å². The van der Waals surface area contributed by atoms with Crippen molar-refractivity contribution < 1.29 is 9.53 Å². The van der Waals surface area contributed by atoms with Crippen molar-refractivity contribution >= 4 is 5.97 Å². The van der Waals surface area contributed by atoms with Crippen LogP contribution >= 0.6 is 0 Å². The lowest BCUT2D eigenvalue weighted by atomic mass is 10.3. The number of esters is 1. The first kappa shape index (κ1) is 9.24. The molecule has 1 fully saturated rings. The van der Waals surface area contributed by atoms with Crippen LogP contribution in [-0.4, -0.2) is 22.9 Å². The van der Waals surface area contributed by atoms with Gasteiger partial charge in [-0.2, -0.15) is 5.10 Å². The van der Waals surface area contributed by atoms with Crippen molar-refractivity contribution in [3.05, 3.63) is 17.5 Å². The van der Waals surface area contributed by atoms with E-state index in [0.717, 1.165) is 25.0 Å². The molecule has 0 spiro atoms. The monoisotopic (exact) mass is 194 g/mol. The van der Waals surface area contributed by atoms with Crippen LogP contribution in [0.25, 0.3) is 0 Å². The highest BCUT2D eigenvalue weighted by Gasteiger charge is 2.29. The predicted molar refractivity (Wildman–Crippen MR) is 51.2 cm³/mol. The maximum atomic E-state index is 11.4. The molecule has 4 nitrogen and oxygen atoms in total. The van der Waals surface area contributed by atoms with E-state index in [1.165, 1.54) is 7.11 Å². The van der Waals surface area contributed by atoms with Gasteiger partial charge in [-0.1, -0.05) is 6.92 Å². The first-order valence-corrected chi connectivity index (χ1v) is 4.93. The number of nitrogens with zero attached hydrogens (tertiary/aromatic N) is 2. The number of ether oxygens (including phenoxy) is 1. The number of hydrogen-bond acceptors (Lipinski definition) is 3. The van der Waals surface area contributed by atoms with Gasteiger partial charge in [0.15, 0.2) is 0 Å². The van der Waals surface area contributed by atoms with Crippen LogP contribution in [0.2, 0.25) is 0 Å². The minimum Gasteiger partial charge on any atom is -0.464 e. The summed E-state index contributed by atoms with van der Waals surface area (Å²) in [4.78, 5) is 11.4. The van der Waals surface area contributed by atoms with E-state index in [1.54, 1.807) is 0 Å². The second-order valence-corrected chi connectivity index (χ2v) is 3.54. The second kappa shape index (κ2) is 3.44. The third-order valence-electron chi connectivity index (χ3n) is 2.44. The highest BCUT2D eigenvalue weighted by molar-refractivity contribution is 5.87. The summed E-state index contributed by atoms with van der Waals surface area (Å²) in [6.07, 6.45) is 3.09. The van der Waals surface area contributed by atoms with Crippen LogP contribution in [0.1, 0.15) is 42.0 Å². The zero-order valence-corrected chi connectivity index (χ0v) is 8.49. The zero-order valence-electron chi connectivity index (χ0n) is 8.49. The average Bonchev–Trinajstić information content (AvgIpc) is 2.97. The number of methoxy groups -OCH3 is 1. The van der Waals surface area contributed by atoms with Gasteiger partial charge in [-0.05, 0) is 25.3 Å². The van der Waals surface area contributed by atoms with E-state index in [0.29, 0.717) is 11.7 Å². The molecule has 1 aliphatic carbocycles. The van der Waals surface area contributed by atoms with E-state index in [-0.39, 0.29) is 5.97 Å². The van der Waals surface area contributed by atoms with Crippen LogP contribution in [0.4, 0.5) is 0 Å². The zero-order chi connectivity index (χ0) is 10.1. The molecule has 1 aromatic heterocycles. The summed E-state index contributed by atoms with van der Waals surface area (Å²) in [6, 6.07) is 2.24. The van der Waals surface area contributed by atoms with Crippen LogP contribution in [0.15, 0.2) is 6.07 Å². The Morgan fingerprint density at radius 1 is 1.71 bits per heavy atom. The fraction of sp³-hybridized carbons (Fsp3) is 0.600. The van der Waals surface area contributed by atoms with Gasteiger partial charge < -0.3 is 4.74 Å². The Kier molecular flexibility index (Phi) is 2.27. The molecule has 0 amide bonds. The van der Waals surface area contributed by atoms with Crippen molar-refractivity contribution in [2.75, 3.05) is 7.11 Å². The molecule has 2 rings (SSSR count). The molecule has 0 saturated heterocycles. The van der Waals surface area contributed by atoms with E-state index in [9.17, 15) is 4.79 Å². The van der Waals surface area contributed by atoms with Gasteiger partial charge >= 0.3 is 5.97 Å². The quantitative estimate of drug-likeness (QED) is 0.686. The Morgan fingerprint density at radius 2 is 2.43 bits per heavy atom. The second-order valence-electron chi connectivity index (χ2n) is 3.54. The summed E-state index contributed by atoms with van der Waals surface area (Å²) in [6.45, 7) is 2.03. The molecule has 0 unspecified atom stereocenters. The van der Waals surface area contributed by atoms with Crippen molar-refractivity contribution in [1.29, 1.82) is 0 Å². The standard InChI is InChI=1S/C10H14N2O2/c1-3-7-6-9(10(13)14-2)12(11-7)8-4-5-8/h6,8H,3-5H2,1-2H3. The molecule has 0 aromatic carbocycles. The molecule has 1 heterocycles. The fourth-order valence-electron chi connectivity index (χ4n) is 1.47. The van der Waals surface area contributed by atoms with E-state index < -0.39 is 0 Å². The van der Waals surface area contributed by atoms with Crippen molar-refractivity contribution in [2.24, 2.45) is 0 Å². The van der Waals surface area contributed by atoms with Gasteiger partial charge in [-0.3, -0.25) is 4.68 Å². The Balaban J connectivity index is 2.34. The van der Waals surface area contributed by atoms with Crippen molar-refractivity contribution in [3.8, 4) is 0 Å². The molecule has 14 heavy (non-hydrogen) atoms. The topological polar surface area (TPSA) is 44.1 Å².